The maximum Gasteiger partial charge on any atom is 0.249 e. The molecule has 4 nitrogen and oxygen atoms in total. The molecule has 1 amide bonds. The van der Waals surface area contributed by atoms with Crippen LogP contribution in [0.25, 0.3) is 17.4 Å². The molecular weight excluding hydrogens is 463 g/mol. The van der Waals surface area contributed by atoms with Crippen molar-refractivity contribution in [2.45, 2.75) is 13.8 Å². The molecule has 0 unspecified atom stereocenters. The van der Waals surface area contributed by atoms with Gasteiger partial charge >= 0.3 is 0 Å². The number of halogens is 2. The van der Waals surface area contributed by atoms with Crippen LogP contribution in [0.1, 0.15) is 17.0 Å². The molecule has 0 fully saturated rings. The first-order valence-corrected chi connectivity index (χ1v) is 9.36. The fourth-order valence-corrected chi connectivity index (χ4v) is 2.76. The van der Waals surface area contributed by atoms with E-state index < -0.39 is 0 Å². The Balaban J connectivity index is 1.68. The third kappa shape index (κ3) is 4.53. The van der Waals surface area contributed by atoms with Gasteiger partial charge in [0, 0.05) is 20.2 Å². The molecule has 0 aliphatic carbocycles. The van der Waals surface area contributed by atoms with Crippen LogP contribution in [0.4, 0.5) is 5.82 Å². The Morgan fingerprint density at radius 2 is 2.00 bits per heavy atom. The van der Waals surface area contributed by atoms with Crippen LogP contribution >= 0.6 is 34.2 Å². The van der Waals surface area contributed by atoms with Crippen molar-refractivity contribution in [3.8, 4) is 11.3 Å². The number of amides is 1. The van der Waals surface area contributed by atoms with Gasteiger partial charge in [0.15, 0.2) is 0 Å². The van der Waals surface area contributed by atoms with Gasteiger partial charge in [-0.15, -0.1) is 0 Å². The maximum absolute atomic E-state index is 12.0. The number of pyridine rings is 1. The van der Waals surface area contributed by atoms with E-state index in [1.54, 1.807) is 18.2 Å². The Morgan fingerprint density at radius 3 is 2.73 bits per heavy atom. The van der Waals surface area contributed by atoms with Crippen LogP contribution in [-0.4, -0.2) is 10.9 Å². The lowest BCUT2D eigenvalue weighted by Crippen LogP contribution is -2.09. The minimum Gasteiger partial charge on any atom is -0.457 e. The summed E-state index contributed by atoms with van der Waals surface area (Å²) in [5.74, 6) is 1.53. The van der Waals surface area contributed by atoms with Crippen LogP contribution in [0.5, 0.6) is 0 Å². The zero-order chi connectivity index (χ0) is 18.7. The van der Waals surface area contributed by atoms with E-state index in [0.717, 1.165) is 20.4 Å². The molecule has 132 valence electrons. The van der Waals surface area contributed by atoms with Gasteiger partial charge in [-0.25, -0.2) is 4.98 Å². The van der Waals surface area contributed by atoms with E-state index in [4.69, 9.17) is 16.0 Å². The molecule has 0 atom stereocenters. The highest BCUT2D eigenvalue weighted by Crippen LogP contribution is 2.27. The van der Waals surface area contributed by atoms with Crippen LogP contribution in [0.3, 0.4) is 0 Å². The first kappa shape index (κ1) is 18.7. The summed E-state index contributed by atoms with van der Waals surface area (Å²) in [5.41, 5.74) is 2.78. The van der Waals surface area contributed by atoms with Gasteiger partial charge in [0.25, 0.3) is 0 Å². The first-order valence-electron chi connectivity index (χ1n) is 7.91. The highest BCUT2D eigenvalue weighted by Gasteiger charge is 2.06. The van der Waals surface area contributed by atoms with Crippen molar-refractivity contribution in [2.75, 3.05) is 5.32 Å². The second-order valence-electron chi connectivity index (χ2n) is 5.75. The maximum atomic E-state index is 12.0. The molecule has 2 aromatic heterocycles. The van der Waals surface area contributed by atoms with E-state index >= 15 is 0 Å². The Hall–Kier alpha value is -2.12. The number of hydrogen-bond acceptors (Lipinski definition) is 3. The summed E-state index contributed by atoms with van der Waals surface area (Å²) >= 11 is 8.36. The Kier molecular flexibility index (Phi) is 5.78. The summed E-state index contributed by atoms with van der Waals surface area (Å²) in [6.45, 7) is 3.85. The van der Waals surface area contributed by atoms with Crippen LogP contribution in [-0.2, 0) is 4.79 Å². The summed E-state index contributed by atoms with van der Waals surface area (Å²) in [4.78, 5) is 16.4. The minimum atomic E-state index is -0.269. The number of rotatable bonds is 4. The lowest BCUT2D eigenvalue weighted by molar-refractivity contribution is -0.111. The second kappa shape index (κ2) is 8.05. The molecule has 26 heavy (non-hydrogen) atoms. The third-order valence-electron chi connectivity index (χ3n) is 3.75. The molecule has 0 radical (unpaired) electrons. The molecule has 1 N–H and O–H groups in total. The van der Waals surface area contributed by atoms with Gasteiger partial charge in [0.05, 0.1) is 5.69 Å². The molecule has 0 saturated heterocycles. The summed E-state index contributed by atoms with van der Waals surface area (Å²) in [7, 11) is 0. The number of carbonyl (C=O) groups excluding carboxylic acids is 1. The van der Waals surface area contributed by atoms with Gasteiger partial charge in [-0.1, -0.05) is 23.7 Å². The molecule has 3 aromatic rings. The Labute approximate surface area is 170 Å². The zero-order valence-corrected chi connectivity index (χ0v) is 17.1. The van der Waals surface area contributed by atoms with Crippen LogP contribution in [0, 0.1) is 17.4 Å². The van der Waals surface area contributed by atoms with Crippen molar-refractivity contribution in [1.29, 1.82) is 0 Å². The number of nitrogens with one attached hydrogen (secondary N) is 1. The number of furan rings is 1. The van der Waals surface area contributed by atoms with Crippen molar-refractivity contribution < 1.29 is 9.21 Å². The average Bonchev–Trinajstić information content (AvgIpc) is 3.08. The summed E-state index contributed by atoms with van der Waals surface area (Å²) < 4.78 is 6.81. The molecule has 1 aromatic carbocycles. The SMILES string of the molecule is Cc1ccc(-c2ccc(/C=C/C(=O)Nc3ccc(I)c(C)n3)o2)cc1Cl. The van der Waals surface area contributed by atoms with Gasteiger partial charge in [-0.2, -0.15) is 0 Å². The van der Waals surface area contributed by atoms with Gasteiger partial charge < -0.3 is 9.73 Å². The molecule has 0 spiro atoms. The number of anilines is 1. The molecule has 3 rings (SSSR count). The number of aryl methyl sites for hydroxylation is 2. The molecule has 0 aliphatic heterocycles. The monoisotopic (exact) mass is 478 g/mol. The number of carbonyl (C=O) groups is 1. The van der Waals surface area contributed by atoms with E-state index in [2.05, 4.69) is 32.9 Å². The molecule has 2 heterocycles. The molecular formula is C20H16ClIN2O2. The summed E-state index contributed by atoms with van der Waals surface area (Å²) in [5, 5.41) is 3.42. The van der Waals surface area contributed by atoms with E-state index in [0.29, 0.717) is 22.4 Å². The van der Waals surface area contributed by atoms with Crippen LogP contribution in [0.15, 0.2) is 53.0 Å². The topological polar surface area (TPSA) is 55.1 Å². The average molecular weight is 479 g/mol. The van der Waals surface area contributed by atoms with Crippen molar-refractivity contribution in [3.63, 3.8) is 0 Å². The molecule has 0 bridgehead atoms. The normalized spacial score (nSPS) is 11.1. The lowest BCUT2D eigenvalue weighted by Gasteiger charge is -2.03. The summed E-state index contributed by atoms with van der Waals surface area (Å²) in [6.07, 6.45) is 3.04. The standard InChI is InChI=1S/C20H16ClIN2O2/c1-12-3-4-14(11-16(12)21)18-8-5-15(26-18)6-10-20(25)24-19-9-7-17(22)13(2)23-19/h3-11H,1-2H3,(H,23,24,25)/b10-6+. The second-order valence-corrected chi connectivity index (χ2v) is 7.32. The van der Waals surface area contributed by atoms with Gasteiger partial charge in [-0.3, -0.25) is 4.79 Å². The van der Waals surface area contributed by atoms with Crippen molar-refractivity contribution in [1.82, 2.24) is 4.98 Å². The predicted molar refractivity (Wildman–Crippen MR) is 113 cm³/mol. The largest absolute Gasteiger partial charge is 0.457 e. The lowest BCUT2D eigenvalue weighted by atomic mass is 10.1. The number of aromatic nitrogens is 1. The Bertz CT molecular complexity index is 995. The van der Waals surface area contributed by atoms with Gasteiger partial charge in [-0.05, 0) is 78.4 Å². The molecule has 6 heteroatoms. The smallest absolute Gasteiger partial charge is 0.249 e. The number of hydrogen-bond donors (Lipinski definition) is 1. The van der Waals surface area contributed by atoms with Gasteiger partial charge in [0.1, 0.15) is 17.3 Å². The van der Waals surface area contributed by atoms with E-state index in [1.807, 2.05) is 44.2 Å². The third-order valence-corrected chi connectivity index (χ3v) is 5.30. The first-order chi connectivity index (χ1) is 12.4. The van der Waals surface area contributed by atoms with Crippen molar-refractivity contribution in [2.24, 2.45) is 0 Å². The highest BCUT2D eigenvalue weighted by atomic mass is 127. The predicted octanol–water partition coefficient (Wildman–Crippen LogP) is 5.87. The van der Waals surface area contributed by atoms with E-state index in [1.165, 1.54) is 6.08 Å². The fraction of sp³-hybridized carbons (Fsp3) is 0.100. The highest BCUT2D eigenvalue weighted by molar-refractivity contribution is 14.1. The van der Waals surface area contributed by atoms with E-state index in [9.17, 15) is 4.79 Å². The van der Waals surface area contributed by atoms with Crippen molar-refractivity contribution >= 4 is 52.0 Å². The van der Waals surface area contributed by atoms with Gasteiger partial charge in [0.2, 0.25) is 5.91 Å². The zero-order valence-electron chi connectivity index (χ0n) is 14.2. The quantitative estimate of drug-likeness (QED) is 0.377. The number of benzene rings is 1. The number of nitrogens with zero attached hydrogens (tertiary/aromatic N) is 1. The molecule has 0 aliphatic rings. The fourth-order valence-electron chi connectivity index (χ4n) is 2.28. The van der Waals surface area contributed by atoms with Crippen LogP contribution < -0.4 is 5.32 Å². The summed E-state index contributed by atoms with van der Waals surface area (Å²) in [6, 6.07) is 13.1. The van der Waals surface area contributed by atoms with E-state index in [-0.39, 0.29) is 5.91 Å². The Morgan fingerprint density at radius 1 is 1.19 bits per heavy atom. The minimum absolute atomic E-state index is 0.269. The van der Waals surface area contributed by atoms with Crippen molar-refractivity contribution in [3.05, 3.63) is 74.2 Å². The molecule has 0 saturated carbocycles. The van der Waals surface area contributed by atoms with Crippen LogP contribution in [0.2, 0.25) is 5.02 Å².